The van der Waals surface area contributed by atoms with Crippen LogP contribution in [0.2, 0.25) is 0 Å². The molecule has 692 valence electrons. The third kappa shape index (κ3) is 18.9. The number of oxazole rings is 2. The van der Waals surface area contributed by atoms with E-state index in [1.807, 2.05) is 167 Å². The Balaban J connectivity index is 0.000000130. The number of carboxylic acids is 2. The lowest BCUT2D eigenvalue weighted by molar-refractivity contribution is -0.144. The number of aliphatic carboxylic acids is 2. The summed E-state index contributed by atoms with van der Waals surface area (Å²) >= 11 is 0. The second-order valence-corrected chi connectivity index (χ2v) is 41.6. The summed E-state index contributed by atoms with van der Waals surface area (Å²) in [5.41, 5.74) is 10.3. The summed E-state index contributed by atoms with van der Waals surface area (Å²) in [7, 11) is -14.1. The molecule has 19 rings (SSSR count). The Labute approximate surface area is 768 Å². The number of benzene rings is 11. The van der Waals surface area contributed by atoms with Gasteiger partial charge < -0.3 is 59.9 Å². The molecule has 0 saturated carbocycles. The first-order valence-corrected chi connectivity index (χ1v) is 48.5. The number of ether oxygens (including phenoxy) is 2. The summed E-state index contributed by atoms with van der Waals surface area (Å²) in [5, 5.41) is 25.2. The predicted octanol–water partition coefficient (Wildman–Crippen LogP) is 18.4. The summed E-state index contributed by atoms with van der Waals surface area (Å²) in [6, 6.07) is 60.6. The minimum absolute atomic E-state index is 0.0345. The Morgan fingerprint density at radius 2 is 0.642 bits per heavy atom. The number of carbonyl (C=O) groups excluding carboxylic acids is 2. The van der Waals surface area contributed by atoms with E-state index in [2.05, 4.69) is 28.9 Å². The second kappa shape index (κ2) is 36.5. The smallest absolute Gasteiger partial charge is 0.480 e. The number of carbonyl (C=O) groups is 4. The normalized spacial score (nSPS) is 14.6. The van der Waals surface area contributed by atoms with Crippen molar-refractivity contribution in [2.45, 2.75) is 138 Å². The first kappa shape index (κ1) is 93.8. The maximum Gasteiger partial charge on any atom is 0.494 e. The average Bonchev–Trinajstić information content (AvgIpc) is 1.60. The highest BCUT2D eigenvalue weighted by Gasteiger charge is 2.52. The van der Waals surface area contributed by atoms with Crippen molar-refractivity contribution in [3.63, 3.8) is 0 Å². The van der Waals surface area contributed by atoms with Gasteiger partial charge in [0.2, 0.25) is 51.9 Å². The number of para-hydroxylation sites is 5. The monoisotopic (exact) mass is 1890 g/mol. The van der Waals surface area contributed by atoms with Crippen LogP contribution in [0.4, 0.5) is 0 Å². The summed E-state index contributed by atoms with van der Waals surface area (Å²) < 4.78 is 176. The van der Waals surface area contributed by atoms with Crippen LogP contribution in [0.5, 0.6) is 0 Å². The molecule has 6 N–H and O–H groups in total. The number of esters is 2. The molecule has 31 nitrogen and oxygen atoms in total. The van der Waals surface area contributed by atoms with Crippen molar-refractivity contribution in [1.82, 2.24) is 28.9 Å². The Bertz CT molecular complexity index is 7800. The standard InChI is InChI=1S/C26H23NO6S.C24H30BNO7S.2C24H20N2O6S/c1-15(2)25(26(28)31-3)27-34(29,30)18-9-11-22-20(14-18)19-10-8-17(13-24(19)33-22)23-12-16-6-4-5-7-21(16)32-23;1-14(2)21(22(27)30-7)26-34(28,29)16-9-11-19-18(13-16)17-10-8-15(12-20(17)31-19)25-32-23(3,4)24(5,6)33-25;2*1-13(2)22(24(27)28)26-33(29,30)15-8-10-19-17(12-15)16-9-7-14(11-21(16)31-19)23-25-18-5-3-4-6-20(18)32-23/h4-15,25,27H,1-3H3;8-14,21,26H,1-7H3;2*3-13,22,26H,1-2H3,(H,27,28)/t25-;21-;2*22-/m1111/s1. The molecule has 0 unspecified atom stereocenters. The van der Waals surface area contributed by atoms with Gasteiger partial charge in [-0.3, -0.25) is 19.2 Å². The van der Waals surface area contributed by atoms with Gasteiger partial charge in [0, 0.05) is 65.2 Å². The molecule has 1 aliphatic rings. The number of sulfonamides is 4. The van der Waals surface area contributed by atoms with Gasteiger partial charge in [-0.2, -0.15) is 18.9 Å². The average molecular weight is 1890 g/mol. The highest BCUT2D eigenvalue weighted by molar-refractivity contribution is 7.90. The van der Waals surface area contributed by atoms with Gasteiger partial charge in [-0.25, -0.2) is 43.6 Å². The molecule has 1 fully saturated rings. The lowest BCUT2D eigenvalue weighted by Gasteiger charge is -2.32. The van der Waals surface area contributed by atoms with Crippen molar-refractivity contribution in [3.05, 3.63) is 224 Å². The fourth-order valence-electron chi connectivity index (χ4n) is 15.4. The van der Waals surface area contributed by atoms with E-state index in [4.69, 9.17) is 49.7 Å². The number of nitrogens with zero attached hydrogens (tertiary/aromatic N) is 2. The number of nitrogens with one attached hydrogen (secondary N) is 4. The van der Waals surface area contributed by atoms with Gasteiger partial charge in [-0.05, 0) is 221 Å². The molecule has 1 saturated heterocycles. The number of hydrogen-bond acceptors (Lipinski definition) is 25. The minimum Gasteiger partial charge on any atom is -0.480 e. The predicted molar refractivity (Wildman–Crippen MR) is 507 cm³/mol. The molecule has 0 spiro atoms. The molecule has 0 radical (unpaired) electrons. The fourth-order valence-corrected chi connectivity index (χ4v) is 20.9. The molecule has 18 aromatic rings. The SMILES string of the molecule is CC(C)[C@@H](NS(=O)(=O)c1ccc2oc3cc(-c4nc5ccccc5o4)ccc3c2c1)C(=O)O.CC(C)[C@@H](NS(=O)(=O)c1ccc2oc3cc(-c4nc5ccccc5o4)ccc3c2c1)C(=O)O.COC(=O)[C@H](NS(=O)(=O)c1ccc2oc3cc(-c4cc5ccccc5o4)ccc3c2c1)C(C)C.COC(=O)[C@H](NS(=O)(=O)c1ccc2oc3cc(B4OC(C)(C)C(C)(C)O4)ccc3c2c1)C(C)C. The van der Waals surface area contributed by atoms with Crippen molar-refractivity contribution in [2.24, 2.45) is 23.7 Å². The summed E-state index contributed by atoms with van der Waals surface area (Å²) in [6.45, 7) is 21.5. The van der Waals surface area contributed by atoms with Gasteiger partial charge in [0.25, 0.3) is 0 Å². The molecule has 134 heavy (non-hydrogen) atoms. The van der Waals surface area contributed by atoms with Gasteiger partial charge in [-0.1, -0.05) is 116 Å². The molecule has 11 aromatic carbocycles. The van der Waals surface area contributed by atoms with E-state index >= 15 is 0 Å². The van der Waals surface area contributed by atoms with Gasteiger partial charge in [-0.15, -0.1) is 0 Å². The maximum absolute atomic E-state index is 13.0. The number of methoxy groups -OCH3 is 2. The van der Waals surface area contributed by atoms with Crippen LogP contribution in [0, 0.1) is 23.7 Å². The maximum atomic E-state index is 13.0. The molecule has 7 aromatic heterocycles. The third-order valence-corrected chi connectivity index (χ3v) is 29.3. The highest BCUT2D eigenvalue weighted by atomic mass is 32.2. The summed E-state index contributed by atoms with van der Waals surface area (Å²) in [5.74, 6) is -3.48. The molecular weight excluding hydrogens is 1800 g/mol. The lowest BCUT2D eigenvalue weighted by Crippen LogP contribution is -2.44. The van der Waals surface area contributed by atoms with Crippen molar-refractivity contribution in [2.75, 3.05) is 14.2 Å². The zero-order valence-electron chi connectivity index (χ0n) is 74.9. The van der Waals surface area contributed by atoms with E-state index in [0.717, 1.165) is 71.5 Å². The number of furan rings is 5. The van der Waals surface area contributed by atoms with Crippen LogP contribution in [-0.2, 0) is 78.1 Å². The molecule has 1 aliphatic heterocycles. The van der Waals surface area contributed by atoms with Crippen LogP contribution >= 0.6 is 0 Å². The van der Waals surface area contributed by atoms with Crippen LogP contribution < -0.4 is 24.4 Å². The number of fused-ring (bicyclic) bond motifs is 15. The van der Waals surface area contributed by atoms with Crippen LogP contribution in [-0.4, -0.2) is 134 Å². The Morgan fingerprint density at radius 1 is 0.328 bits per heavy atom. The molecule has 8 heterocycles. The lowest BCUT2D eigenvalue weighted by atomic mass is 9.79. The van der Waals surface area contributed by atoms with Gasteiger partial charge in [0.1, 0.15) is 91.2 Å². The Hall–Kier alpha value is -13.4. The number of rotatable bonds is 24. The van der Waals surface area contributed by atoms with E-state index in [9.17, 15) is 63.1 Å². The molecule has 36 heteroatoms. The Morgan fingerprint density at radius 3 is 0.978 bits per heavy atom. The summed E-state index contributed by atoms with van der Waals surface area (Å²) in [4.78, 5) is 56.0. The third-order valence-electron chi connectivity index (χ3n) is 23.6. The molecular formula is C98H93BN6O25S4. The number of hydrogen-bond donors (Lipinski definition) is 6. The van der Waals surface area contributed by atoms with E-state index < -0.39 is 118 Å². The largest absolute Gasteiger partial charge is 0.494 e. The zero-order chi connectivity index (χ0) is 95.7. The van der Waals surface area contributed by atoms with Crippen LogP contribution in [0.25, 0.3) is 155 Å². The van der Waals surface area contributed by atoms with E-state index in [-0.39, 0.29) is 31.4 Å². The first-order chi connectivity index (χ1) is 63.5. The summed E-state index contributed by atoms with van der Waals surface area (Å²) in [6.07, 6.45) is 0. The number of aromatic nitrogens is 2. The van der Waals surface area contributed by atoms with Crippen molar-refractivity contribution in [3.8, 4) is 34.2 Å². The quantitative estimate of drug-likeness (QED) is 0.0242. The van der Waals surface area contributed by atoms with Crippen LogP contribution in [0.1, 0.15) is 83.1 Å². The topological polar surface area (TPSA) is 448 Å². The van der Waals surface area contributed by atoms with E-state index in [1.165, 1.54) is 50.6 Å². The van der Waals surface area contributed by atoms with E-state index in [0.29, 0.717) is 89.2 Å². The molecule has 0 amide bonds. The number of carboxylic acid groups (broad SMARTS) is 2. The fraction of sp³-hybridized carbons (Fsp3) is 0.245. The highest BCUT2D eigenvalue weighted by Crippen LogP contribution is 2.42. The molecule has 0 bridgehead atoms. The van der Waals surface area contributed by atoms with Gasteiger partial charge in [0.05, 0.1) is 45.0 Å². The van der Waals surface area contributed by atoms with Gasteiger partial charge >= 0.3 is 31.0 Å². The van der Waals surface area contributed by atoms with Crippen molar-refractivity contribution < 1.29 is 113 Å². The van der Waals surface area contributed by atoms with Crippen LogP contribution in [0.15, 0.2) is 275 Å². The minimum atomic E-state index is -4.05. The zero-order valence-corrected chi connectivity index (χ0v) is 78.1. The molecule has 4 atom stereocenters. The van der Waals surface area contributed by atoms with Crippen molar-refractivity contribution >= 4 is 197 Å². The van der Waals surface area contributed by atoms with Crippen LogP contribution in [0.3, 0.4) is 0 Å². The first-order valence-electron chi connectivity index (χ1n) is 42.6. The van der Waals surface area contributed by atoms with Crippen molar-refractivity contribution in [1.29, 1.82) is 0 Å². The molecule has 0 aliphatic carbocycles. The van der Waals surface area contributed by atoms with Gasteiger partial charge in [0.15, 0.2) is 11.2 Å². The second-order valence-electron chi connectivity index (χ2n) is 34.7. The Kier molecular flexibility index (Phi) is 25.6. The van der Waals surface area contributed by atoms with E-state index in [1.54, 1.807) is 104 Å².